The van der Waals surface area contributed by atoms with Crippen molar-refractivity contribution in [1.29, 1.82) is 5.26 Å². The van der Waals surface area contributed by atoms with Crippen LogP contribution in [0.15, 0.2) is 29.1 Å². The van der Waals surface area contributed by atoms with Gasteiger partial charge >= 0.3 is 6.18 Å². The van der Waals surface area contributed by atoms with Crippen LogP contribution in [0.25, 0.3) is 15.8 Å². The second-order valence-corrected chi connectivity index (χ2v) is 7.63. The molecule has 0 radical (unpaired) electrons. The Morgan fingerprint density at radius 2 is 2.15 bits per heavy atom. The van der Waals surface area contributed by atoms with Crippen LogP contribution in [0.1, 0.15) is 10.8 Å². The normalized spacial score (nSPS) is 12.9. The predicted octanol–water partition coefficient (Wildman–Crippen LogP) is 4.68. The van der Waals surface area contributed by atoms with Crippen molar-refractivity contribution in [3.8, 4) is 6.07 Å². The first kappa shape index (κ1) is 19.5. The molecule has 6 nitrogen and oxygen atoms in total. The highest BCUT2D eigenvalue weighted by atomic mass is 35.5. The number of benzene rings is 1. The van der Waals surface area contributed by atoms with Gasteiger partial charge in [0, 0.05) is 12.1 Å². The number of nitriles is 1. The molecule has 0 fully saturated rings. The molecular formula is C15H9ClF3N5OS2. The molecule has 3 aromatic rings. The van der Waals surface area contributed by atoms with Gasteiger partial charge in [0.2, 0.25) is 5.82 Å². The van der Waals surface area contributed by atoms with Gasteiger partial charge in [-0.05, 0) is 18.2 Å². The average Bonchev–Trinajstić information content (AvgIpc) is 3.16. The van der Waals surface area contributed by atoms with Crippen LogP contribution in [-0.2, 0) is 13.2 Å². The van der Waals surface area contributed by atoms with Crippen molar-refractivity contribution in [3.05, 3.63) is 39.8 Å². The summed E-state index contributed by atoms with van der Waals surface area (Å²) in [5.41, 5.74) is 0.525. The number of aliphatic hydroxyl groups is 1. The van der Waals surface area contributed by atoms with E-state index in [9.17, 15) is 23.5 Å². The smallest absolute Gasteiger partial charge is 0.451 e. The monoisotopic (exact) mass is 431 g/mol. The molecule has 1 aromatic carbocycles. The molecule has 0 bridgehead atoms. The van der Waals surface area contributed by atoms with E-state index in [1.807, 2.05) is 6.07 Å². The fourth-order valence-corrected chi connectivity index (χ4v) is 4.05. The second kappa shape index (κ2) is 7.38. The van der Waals surface area contributed by atoms with Gasteiger partial charge in [-0.25, -0.2) is 4.98 Å². The average molecular weight is 432 g/mol. The number of rotatable bonds is 4. The molecule has 0 atom stereocenters. The number of halogens is 4. The molecule has 0 saturated carbocycles. The third-order valence-electron chi connectivity index (χ3n) is 3.39. The maximum atomic E-state index is 12.7. The lowest BCUT2D eigenvalue weighted by Gasteiger charge is -2.06. The number of aliphatic hydroxyl groups excluding tert-OH is 1. The van der Waals surface area contributed by atoms with E-state index in [2.05, 4.69) is 15.2 Å². The molecule has 0 aliphatic heterocycles. The van der Waals surface area contributed by atoms with Crippen LogP contribution in [0.3, 0.4) is 0 Å². The predicted molar refractivity (Wildman–Crippen MR) is 96.5 cm³/mol. The highest BCUT2D eigenvalue weighted by Crippen LogP contribution is 2.32. The first-order chi connectivity index (χ1) is 12.7. The Morgan fingerprint density at radius 3 is 2.78 bits per heavy atom. The summed E-state index contributed by atoms with van der Waals surface area (Å²) >= 11 is 7.93. The van der Waals surface area contributed by atoms with Crippen molar-refractivity contribution in [3.63, 3.8) is 0 Å². The molecule has 1 N–H and O–H groups in total. The summed E-state index contributed by atoms with van der Waals surface area (Å²) in [7, 11) is 1.18. The zero-order valence-corrected chi connectivity index (χ0v) is 15.8. The van der Waals surface area contributed by atoms with Gasteiger partial charge in [-0.3, -0.25) is 0 Å². The van der Waals surface area contributed by atoms with Crippen LogP contribution >= 0.6 is 34.7 Å². The number of aromatic nitrogens is 4. The van der Waals surface area contributed by atoms with E-state index in [0.29, 0.717) is 15.5 Å². The molecule has 0 amide bonds. The molecule has 0 aliphatic carbocycles. The topological polar surface area (TPSA) is 87.6 Å². The Kier molecular flexibility index (Phi) is 5.32. The SMILES string of the molecule is Cn1c(SCC(O)=C(C#N)c2nc3cc(Cl)ccc3s2)nnc1C(F)(F)F. The summed E-state index contributed by atoms with van der Waals surface area (Å²) in [6, 6.07) is 6.95. The van der Waals surface area contributed by atoms with Gasteiger partial charge in [-0.1, -0.05) is 23.4 Å². The fraction of sp³-hybridized carbons (Fsp3) is 0.200. The molecule has 0 aliphatic rings. The summed E-state index contributed by atoms with van der Waals surface area (Å²) in [6.45, 7) is 0. The molecule has 0 spiro atoms. The van der Waals surface area contributed by atoms with Crippen molar-refractivity contribution in [1.82, 2.24) is 19.7 Å². The van der Waals surface area contributed by atoms with Crippen LogP contribution in [0, 0.1) is 11.3 Å². The minimum Gasteiger partial charge on any atom is -0.510 e. The number of thiazole rings is 1. The molecule has 0 saturated heterocycles. The van der Waals surface area contributed by atoms with Gasteiger partial charge in [-0.15, -0.1) is 21.5 Å². The highest BCUT2D eigenvalue weighted by Gasteiger charge is 2.37. The van der Waals surface area contributed by atoms with Gasteiger partial charge in [0.25, 0.3) is 0 Å². The van der Waals surface area contributed by atoms with E-state index >= 15 is 0 Å². The van der Waals surface area contributed by atoms with Crippen LogP contribution in [-0.4, -0.2) is 30.6 Å². The number of allylic oxidation sites excluding steroid dienone is 1. The lowest BCUT2D eigenvalue weighted by Crippen LogP contribution is -2.13. The Bertz CT molecular complexity index is 1080. The summed E-state index contributed by atoms with van der Waals surface area (Å²) in [6.07, 6.45) is -4.63. The van der Waals surface area contributed by atoms with Gasteiger partial charge in [0.1, 0.15) is 22.4 Å². The van der Waals surface area contributed by atoms with Crippen molar-refractivity contribution in [2.45, 2.75) is 11.3 Å². The van der Waals surface area contributed by atoms with Crippen LogP contribution in [0.4, 0.5) is 13.2 Å². The molecule has 140 valence electrons. The Balaban J connectivity index is 1.85. The number of nitrogens with zero attached hydrogens (tertiary/aromatic N) is 5. The molecule has 12 heteroatoms. The van der Waals surface area contributed by atoms with Crippen LogP contribution in [0.5, 0.6) is 0 Å². The van der Waals surface area contributed by atoms with Crippen molar-refractivity contribution in [2.75, 3.05) is 5.75 Å². The standard InChI is InChI=1S/C15H9ClF3N5OS2/c1-24-13(15(17,18)19)22-23-14(24)26-6-10(25)8(5-20)12-21-9-4-7(16)2-3-11(9)27-12/h2-4,25H,6H2,1H3. The minimum absolute atomic E-state index is 0.0396. The Morgan fingerprint density at radius 1 is 1.41 bits per heavy atom. The van der Waals surface area contributed by atoms with Crippen molar-refractivity contribution < 1.29 is 18.3 Å². The lowest BCUT2D eigenvalue weighted by atomic mass is 10.2. The van der Waals surface area contributed by atoms with Crippen molar-refractivity contribution in [2.24, 2.45) is 7.05 Å². The van der Waals surface area contributed by atoms with E-state index < -0.39 is 12.0 Å². The number of hydrogen-bond donors (Lipinski definition) is 1. The summed E-state index contributed by atoms with van der Waals surface area (Å²) < 4.78 is 39.8. The van der Waals surface area contributed by atoms with E-state index in [4.69, 9.17) is 11.6 Å². The maximum Gasteiger partial charge on any atom is 0.451 e. The van der Waals surface area contributed by atoms with Gasteiger partial charge < -0.3 is 9.67 Å². The lowest BCUT2D eigenvalue weighted by molar-refractivity contribution is -0.147. The molecule has 27 heavy (non-hydrogen) atoms. The maximum absolute atomic E-state index is 12.7. The minimum atomic E-state index is -4.63. The summed E-state index contributed by atoms with van der Waals surface area (Å²) in [4.78, 5) is 4.28. The van der Waals surface area contributed by atoms with Crippen LogP contribution in [0.2, 0.25) is 5.02 Å². The zero-order chi connectivity index (χ0) is 19.8. The van der Waals surface area contributed by atoms with Gasteiger partial charge in [0.05, 0.1) is 16.0 Å². The van der Waals surface area contributed by atoms with Crippen molar-refractivity contribution >= 4 is 50.5 Å². The van der Waals surface area contributed by atoms with E-state index in [-0.39, 0.29) is 22.2 Å². The largest absolute Gasteiger partial charge is 0.510 e. The molecule has 0 unspecified atom stereocenters. The van der Waals surface area contributed by atoms with Gasteiger partial charge in [0.15, 0.2) is 5.16 Å². The van der Waals surface area contributed by atoms with Gasteiger partial charge in [-0.2, -0.15) is 18.4 Å². The second-order valence-electron chi connectivity index (χ2n) is 5.22. The quantitative estimate of drug-likeness (QED) is 0.366. The number of hydrogen-bond acceptors (Lipinski definition) is 7. The van der Waals surface area contributed by atoms with E-state index in [0.717, 1.165) is 21.0 Å². The van der Waals surface area contributed by atoms with E-state index in [1.165, 1.54) is 18.4 Å². The highest BCUT2D eigenvalue weighted by molar-refractivity contribution is 7.99. The first-order valence-electron chi connectivity index (χ1n) is 7.18. The fourth-order valence-electron chi connectivity index (χ4n) is 2.14. The summed E-state index contributed by atoms with van der Waals surface area (Å²) in [5, 5.41) is 27.0. The molecule has 2 aromatic heterocycles. The Hall–Kier alpha value is -2.29. The van der Waals surface area contributed by atoms with E-state index in [1.54, 1.807) is 18.2 Å². The third-order valence-corrected chi connectivity index (χ3v) is 5.71. The molecule has 3 rings (SSSR count). The van der Waals surface area contributed by atoms with Crippen LogP contribution < -0.4 is 0 Å². The third kappa shape index (κ3) is 4.02. The number of alkyl halides is 3. The number of thioether (sulfide) groups is 1. The molecule has 2 heterocycles. The summed E-state index contributed by atoms with van der Waals surface area (Å²) in [5.74, 6) is -1.62. The first-order valence-corrected chi connectivity index (χ1v) is 9.36. The zero-order valence-electron chi connectivity index (χ0n) is 13.5. The molecular weight excluding hydrogens is 423 g/mol. The number of fused-ring (bicyclic) bond motifs is 1. The Labute approximate surface area is 163 Å².